The van der Waals surface area contributed by atoms with Crippen molar-refractivity contribution in [1.29, 1.82) is 0 Å². The SMILES string of the molecule is Cc1cc(Br)ccc1CN1CCCC(N(C)CC(=O)O)CC1. The molecule has 5 heteroatoms. The maximum atomic E-state index is 10.9. The third-order valence-electron chi connectivity index (χ3n) is 4.50. The van der Waals surface area contributed by atoms with Crippen LogP contribution in [0.3, 0.4) is 0 Å². The lowest BCUT2D eigenvalue weighted by atomic mass is 10.1. The number of carbonyl (C=O) groups is 1. The van der Waals surface area contributed by atoms with Crippen molar-refractivity contribution < 1.29 is 9.90 Å². The largest absolute Gasteiger partial charge is 0.480 e. The van der Waals surface area contributed by atoms with Crippen LogP contribution in [0, 0.1) is 6.92 Å². The first kappa shape index (κ1) is 17.4. The van der Waals surface area contributed by atoms with Gasteiger partial charge in [0.2, 0.25) is 0 Å². The maximum absolute atomic E-state index is 10.9. The molecule has 1 aromatic carbocycles. The summed E-state index contributed by atoms with van der Waals surface area (Å²) in [5.41, 5.74) is 2.69. The van der Waals surface area contributed by atoms with Crippen LogP contribution in [0.1, 0.15) is 30.4 Å². The van der Waals surface area contributed by atoms with E-state index in [4.69, 9.17) is 5.11 Å². The van der Waals surface area contributed by atoms with Crippen LogP contribution in [-0.2, 0) is 11.3 Å². The normalized spacial score (nSPS) is 20.1. The Morgan fingerprint density at radius 1 is 1.41 bits per heavy atom. The molecule has 0 spiro atoms. The summed E-state index contributed by atoms with van der Waals surface area (Å²) in [6, 6.07) is 6.84. The number of rotatable bonds is 5. The molecule has 2 rings (SSSR count). The second-order valence-corrected chi connectivity index (χ2v) is 7.16. The molecule has 1 atom stereocenters. The van der Waals surface area contributed by atoms with Gasteiger partial charge in [0.25, 0.3) is 0 Å². The van der Waals surface area contributed by atoms with Gasteiger partial charge in [0.1, 0.15) is 0 Å². The van der Waals surface area contributed by atoms with Gasteiger partial charge in [-0.15, -0.1) is 0 Å². The molecule has 1 aliphatic heterocycles. The Kier molecular flexibility index (Phi) is 6.41. The van der Waals surface area contributed by atoms with Gasteiger partial charge in [-0.3, -0.25) is 14.6 Å². The quantitative estimate of drug-likeness (QED) is 0.866. The van der Waals surface area contributed by atoms with Gasteiger partial charge in [-0.05, 0) is 69.6 Å². The summed E-state index contributed by atoms with van der Waals surface area (Å²) in [6.45, 7) is 5.39. The van der Waals surface area contributed by atoms with Crippen LogP contribution in [0.4, 0.5) is 0 Å². The fraction of sp³-hybridized carbons (Fsp3) is 0.588. The standard InChI is InChI=1S/C17H25BrN2O2/c1-13-10-15(18)6-5-14(13)11-20-8-3-4-16(7-9-20)19(2)12-17(21)22/h5-6,10,16H,3-4,7-9,11-12H2,1-2H3,(H,21,22). The van der Waals surface area contributed by atoms with Crippen molar-refractivity contribution >= 4 is 21.9 Å². The zero-order chi connectivity index (χ0) is 16.1. The number of hydrogen-bond donors (Lipinski definition) is 1. The predicted molar refractivity (Wildman–Crippen MR) is 92.1 cm³/mol. The minimum absolute atomic E-state index is 0.135. The molecule has 0 aromatic heterocycles. The topological polar surface area (TPSA) is 43.8 Å². The van der Waals surface area contributed by atoms with Gasteiger partial charge in [-0.25, -0.2) is 0 Å². The van der Waals surface area contributed by atoms with E-state index in [9.17, 15) is 4.79 Å². The van der Waals surface area contributed by atoms with Crippen molar-refractivity contribution in [2.24, 2.45) is 0 Å². The molecule has 1 saturated heterocycles. The Morgan fingerprint density at radius 2 is 2.18 bits per heavy atom. The second kappa shape index (κ2) is 8.09. The van der Waals surface area contributed by atoms with E-state index in [0.717, 1.165) is 43.4 Å². The molecule has 0 bridgehead atoms. The predicted octanol–water partition coefficient (Wildman–Crippen LogP) is 3.13. The zero-order valence-electron chi connectivity index (χ0n) is 13.4. The van der Waals surface area contributed by atoms with Crippen molar-refractivity contribution in [3.8, 4) is 0 Å². The van der Waals surface area contributed by atoms with E-state index in [0.29, 0.717) is 6.04 Å². The molecular weight excluding hydrogens is 344 g/mol. The molecule has 1 aromatic rings. The molecule has 0 radical (unpaired) electrons. The highest BCUT2D eigenvalue weighted by molar-refractivity contribution is 9.10. The summed E-state index contributed by atoms with van der Waals surface area (Å²) >= 11 is 3.51. The summed E-state index contributed by atoms with van der Waals surface area (Å²) in [4.78, 5) is 15.3. The van der Waals surface area contributed by atoms with Crippen LogP contribution in [0.15, 0.2) is 22.7 Å². The number of likely N-dealkylation sites (N-methyl/N-ethyl adjacent to an activating group) is 1. The highest BCUT2D eigenvalue weighted by Gasteiger charge is 2.21. The fourth-order valence-corrected chi connectivity index (χ4v) is 3.63. The smallest absolute Gasteiger partial charge is 0.317 e. The zero-order valence-corrected chi connectivity index (χ0v) is 15.0. The minimum Gasteiger partial charge on any atom is -0.480 e. The van der Waals surface area contributed by atoms with Crippen molar-refractivity contribution in [3.05, 3.63) is 33.8 Å². The van der Waals surface area contributed by atoms with Gasteiger partial charge in [-0.1, -0.05) is 22.0 Å². The molecular formula is C17H25BrN2O2. The Bertz CT molecular complexity index is 521. The van der Waals surface area contributed by atoms with E-state index in [1.165, 1.54) is 11.1 Å². The first-order valence-corrected chi connectivity index (χ1v) is 8.64. The lowest BCUT2D eigenvalue weighted by molar-refractivity contribution is -0.138. The average Bonchev–Trinajstić information content (AvgIpc) is 2.67. The van der Waals surface area contributed by atoms with Crippen molar-refractivity contribution in [1.82, 2.24) is 9.80 Å². The molecule has 22 heavy (non-hydrogen) atoms. The number of aliphatic carboxylic acids is 1. The number of carboxylic acids is 1. The van der Waals surface area contributed by atoms with Gasteiger partial charge in [-0.2, -0.15) is 0 Å². The fourth-order valence-electron chi connectivity index (χ4n) is 3.16. The van der Waals surface area contributed by atoms with Crippen molar-refractivity contribution in [2.45, 2.75) is 38.8 Å². The number of halogens is 1. The monoisotopic (exact) mass is 368 g/mol. The van der Waals surface area contributed by atoms with Crippen molar-refractivity contribution in [3.63, 3.8) is 0 Å². The Labute approximate surface area is 141 Å². The van der Waals surface area contributed by atoms with E-state index in [1.807, 2.05) is 11.9 Å². The van der Waals surface area contributed by atoms with E-state index < -0.39 is 5.97 Å². The molecule has 0 amide bonds. The molecule has 0 aliphatic carbocycles. The van der Waals surface area contributed by atoms with Crippen LogP contribution < -0.4 is 0 Å². The molecule has 1 fully saturated rings. The Morgan fingerprint density at radius 3 is 2.86 bits per heavy atom. The molecule has 0 saturated carbocycles. The molecule has 1 unspecified atom stereocenters. The second-order valence-electron chi connectivity index (χ2n) is 6.24. The number of aryl methyl sites for hydroxylation is 1. The third-order valence-corrected chi connectivity index (χ3v) is 4.99. The van der Waals surface area contributed by atoms with Crippen LogP contribution in [0.25, 0.3) is 0 Å². The van der Waals surface area contributed by atoms with Crippen LogP contribution in [0.2, 0.25) is 0 Å². The van der Waals surface area contributed by atoms with Crippen LogP contribution >= 0.6 is 15.9 Å². The minimum atomic E-state index is -0.742. The molecule has 4 nitrogen and oxygen atoms in total. The summed E-state index contributed by atoms with van der Waals surface area (Å²) in [7, 11) is 1.92. The third kappa shape index (κ3) is 5.07. The van der Waals surface area contributed by atoms with E-state index in [-0.39, 0.29) is 6.54 Å². The molecule has 1 aliphatic rings. The highest BCUT2D eigenvalue weighted by atomic mass is 79.9. The van der Waals surface area contributed by atoms with Gasteiger partial charge >= 0.3 is 5.97 Å². The summed E-state index contributed by atoms with van der Waals surface area (Å²) in [6.07, 6.45) is 3.25. The van der Waals surface area contributed by atoms with Crippen molar-refractivity contribution in [2.75, 3.05) is 26.7 Å². The Balaban J connectivity index is 1.91. The number of nitrogens with zero attached hydrogens (tertiary/aromatic N) is 2. The van der Waals surface area contributed by atoms with Gasteiger partial charge in [0.15, 0.2) is 0 Å². The van der Waals surface area contributed by atoms with Crippen LogP contribution in [-0.4, -0.2) is 53.6 Å². The number of carboxylic acid groups (broad SMARTS) is 1. The molecule has 1 heterocycles. The Hall–Kier alpha value is -0.910. The maximum Gasteiger partial charge on any atom is 0.317 e. The van der Waals surface area contributed by atoms with E-state index >= 15 is 0 Å². The first-order chi connectivity index (χ1) is 10.5. The van der Waals surface area contributed by atoms with E-state index in [1.54, 1.807) is 0 Å². The summed E-state index contributed by atoms with van der Waals surface area (Å²) in [5, 5.41) is 8.93. The summed E-state index contributed by atoms with van der Waals surface area (Å²) < 4.78 is 1.12. The lowest BCUT2D eigenvalue weighted by Gasteiger charge is -2.25. The van der Waals surface area contributed by atoms with Gasteiger partial charge in [0, 0.05) is 17.1 Å². The number of benzene rings is 1. The number of hydrogen-bond acceptors (Lipinski definition) is 3. The number of likely N-dealkylation sites (tertiary alicyclic amines) is 1. The van der Waals surface area contributed by atoms with E-state index in [2.05, 4.69) is 46.0 Å². The lowest BCUT2D eigenvalue weighted by Crippen LogP contribution is -2.36. The van der Waals surface area contributed by atoms with Crippen LogP contribution in [0.5, 0.6) is 0 Å². The molecule has 1 N–H and O–H groups in total. The average molecular weight is 369 g/mol. The first-order valence-electron chi connectivity index (χ1n) is 7.85. The van der Waals surface area contributed by atoms with Gasteiger partial charge in [0.05, 0.1) is 6.54 Å². The molecule has 122 valence electrons. The highest BCUT2D eigenvalue weighted by Crippen LogP contribution is 2.21. The van der Waals surface area contributed by atoms with Gasteiger partial charge < -0.3 is 5.11 Å². The summed E-state index contributed by atoms with van der Waals surface area (Å²) in [5.74, 6) is -0.742.